The van der Waals surface area contributed by atoms with Gasteiger partial charge >= 0.3 is 0 Å². The summed E-state index contributed by atoms with van der Waals surface area (Å²) in [6, 6.07) is 91.0. The highest BCUT2D eigenvalue weighted by Crippen LogP contribution is 2.48. The molecular formula is C96H100Br2N4. The van der Waals surface area contributed by atoms with E-state index in [1.54, 1.807) is 0 Å². The molecule has 102 heavy (non-hydrogen) atoms. The monoisotopic (exact) mass is 1470 g/mol. The smallest absolute Gasteiger partial charge is 0.0520 e. The molecule has 0 saturated carbocycles. The predicted molar refractivity (Wildman–Crippen MR) is 450 cm³/mol. The number of anilines is 12. The standard InChI is InChI=1S/C96H100Br2N4/c1-61-53-75(93(9,10)11)54-62(2)89(61)99(83-41-25-71(26-42-83)73-29-45-85(46-30-73)101(87-49-33-79(97)34-50-87)91-65(5)57-77(58-66(91)6)95(15,16)17)81-37-21-69(22-38-81)70-23-39-82(40-24-70)100(90-63(3)55-76(56-64(90)4)94(12,13)14)84-43-27-72(28-44-84)74-31-47-86(48-32-74)102(88-51-35-80(98)36-52-88)92-67(7)59-78(60-68(92)8)96(18,19)20/h21-60H,1-20H3. The third-order valence-electron chi connectivity index (χ3n) is 20.2. The molecule has 6 heteroatoms. The van der Waals surface area contributed by atoms with Crippen molar-refractivity contribution in [2.24, 2.45) is 0 Å². The molecular weight excluding hydrogens is 1370 g/mol. The second kappa shape index (κ2) is 28.6. The van der Waals surface area contributed by atoms with Crippen LogP contribution in [0.1, 0.15) is 150 Å². The van der Waals surface area contributed by atoms with Crippen molar-refractivity contribution >= 4 is 100 Å². The summed E-state index contributed by atoms with van der Waals surface area (Å²) in [7, 11) is 0. The molecule has 12 aromatic rings. The summed E-state index contributed by atoms with van der Waals surface area (Å²) in [4.78, 5) is 9.71. The number of nitrogens with zero attached hydrogens (tertiary/aromatic N) is 4. The van der Waals surface area contributed by atoms with E-state index in [4.69, 9.17) is 0 Å². The van der Waals surface area contributed by atoms with E-state index in [2.05, 4.69) is 433 Å². The fraction of sp³-hybridized carbons (Fsp3) is 0.250. The van der Waals surface area contributed by atoms with E-state index in [9.17, 15) is 0 Å². The predicted octanol–water partition coefficient (Wildman–Crippen LogP) is 29.7. The summed E-state index contributed by atoms with van der Waals surface area (Å²) < 4.78 is 2.11. The van der Waals surface area contributed by atoms with Crippen LogP contribution in [-0.4, -0.2) is 0 Å². The number of hydrogen-bond donors (Lipinski definition) is 0. The van der Waals surface area contributed by atoms with Crippen LogP contribution in [-0.2, 0) is 21.7 Å². The maximum Gasteiger partial charge on any atom is 0.0520 e. The van der Waals surface area contributed by atoms with Crippen molar-refractivity contribution in [2.45, 2.75) is 160 Å². The van der Waals surface area contributed by atoms with E-state index in [1.807, 2.05) is 0 Å². The molecule has 0 aromatic heterocycles. The summed E-state index contributed by atoms with van der Waals surface area (Å²) in [6.07, 6.45) is 0. The fourth-order valence-electron chi connectivity index (χ4n) is 14.6. The van der Waals surface area contributed by atoms with Gasteiger partial charge in [0.05, 0.1) is 22.7 Å². The Morgan fingerprint density at radius 3 is 0.422 bits per heavy atom. The van der Waals surface area contributed by atoms with Crippen LogP contribution >= 0.6 is 31.9 Å². The molecule has 0 spiro atoms. The highest BCUT2D eigenvalue weighted by molar-refractivity contribution is 9.10. The Kier molecular flexibility index (Phi) is 20.3. The topological polar surface area (TPSA) is 13.0 Å². The molecule has 0 radical (unpaired) electrons. The van der Waals surface area contributed by atoms with Crippen LogP contribution in [0.2, 0.25) is 0 Å². The minimum absolute atomic E-state index is 0.00650. The minimum atomic E-state index is 0.00650. The van der Waals surface area contributed by atoms with Crippen LogP contribution in [0, 0.1) is 55.4 Å². The second-order valence-corrected chi connectivity index (χ2v) is 34.2. The Labute approximate surface area is 627 Å². The molecule has 0 fully saturated rings. The van der Waals surface area contributed by atoms with Gasteiger partial charge < -0.3 is 19.6 Å². The molecule has 0 aliphatic heterocycles. The van der Waals surface area contributed by atoms with Gasteiger partial charge in [0.15, 0.2) is 0 Å². The van der Waals surface area contributed by atoms with E-state index < -0.39 is 0 Å². The molecule has 4 nitrogen and oxygen atoms in total. The molecule has 12 rings (SSSR count). The average molecular weight is 1470 g/mol. The summed E-state index contributed by atoms with van der Waals surface area (Å²) >= 11 is 7.39. The lowest BCUT2D eigenvalue weighted by Gasteiger charge is -2.31. The lowest BCUT2D eigenvalue weighted by Crippen LogP contribution is -2.16. The average Bonchev–Trinajstić information content (AvgIpc) is 0.786. The van der Waals surface area contributed by atoms with Crippen molar-refractivity contribution in [3.63, 3.8) is 0 Å². The number of rotatable bonds is 15. The first-order chi connectivity index (χ1) is 48.2. The summed E-state index contributed by atoms with van der Waals surface area (Å²) in [5.74, 6) is 0. The van der Waals surface area contributed by atoms with Crippen molar-refractivity contribution < 1.29 is 0 Å². The van der Waals surface area contributed by atoms with Gasteiger partial charge in [0.2, 0.25) is 0 Å². The van der Waals surface area contributed by atoms with E-state index in [-0.39, 0.29) is 21.7 Å². The lowest BCUT2D eigenvalue weighted by atomic mass is 9.84. The van der Waals surface area contributed by atoms with Crippen LogP contribution in [0.5, 0.6) is 0 Å². The molecule has 12 aromatic carbocycles. The van der Waals surface area contributed by atoms with E-state index in [1.165, 1.54) is 89.5 Å². The van der Waals surface area contributed by atoms with Gasteiger partial charge in [-0.2, -0.15) is 0 Å². The molecule has 0 aliphatic rings. The molecule has 0 heterocycles. The number of benzene rings is 12. The molecule has 0 N–H and O–H groups in total. The van der Waals surface area contributed by atoms with Gasteiger partial charge in [-0.15, -0.1) is 0 Å². The SMILES string of the molecule is Cc1cc(C(C)(C)C)cc(C)c1N(c1ccc(Br)cc1)c1ccc(-c2ccc(N(c3ccc(-c4ccc(N(c5ccc(-c6ccc(N(c7ccc(Br)cc7)c7c(C)cc(C(C)(C)C)cc7C)cc6)cc5)c5c(C)cc(C(C)(C)C)cc5C)cc4)cc3)c3c(C)cc(C(C)(C)C)cc3C)cc2)cc1. The van der Waals surface area contributed by atoms with Crippen LogP contribution in [0.3, 0.4) is 0 Å². The summed E-state index contributed by atoms with van der Waals surface area (Å²) in [5.41, 5.74) is 36.0. The largest absolute Gasteiger partial charge is 0.310 e. The van der Waals surface area contributed by atoms with Gasteiger partial charge in [-0.25, -0.2) is 0 Å². The van der Waals surface area contributed by atoms with Gasteiger partial charge in [0.25, 0.3) is 0 Å². The molecule has 518 valence electrons. The van der Waals surface area contributed by atoms with Crippen LogP contribution in [0.25, 0.3) is 33.4 Å². The van der Waals surface area contributed by atoms with Gasteiger partial charge in [-0.05, 0) is 299 Å². The Morgan fingerprint density at radius 1 is 0.186 bits per heavy atom. The van der Waals surface area contributed by atoms with Crippen molar-refractivity contribution in [1.82, 2.24) is 0 Å². The van der Waals surface area contributed by atoms with E-state index in [0.29, 0.717) is 0 Å². The molecule has 0 bridgehead atoms. The molecule has 0 saturated heterocycles. The molecule has 0 unspecified atom stereocenters. The zero-order valence-corrected chi connectivity index (χ0v) is 66.8. The van der Waals surface area contributed by atoms with E-state index in [0.717, 1.165) is 87.8 Å². The van der Waals surface area contributed by atoms with Gasteiger partial charge in [0.1, 0.15) is 0 Å². The third-order valence-corrected chi connectivity index (χ3v) is 21.3. The first-order valence-electron chi connectivity index (χ1n) is 36.0. The van der Waals surface area contributed by atoms with Gasteiger partial charge in [0, 0.05) is 54.4 Å². The van der Waals surface area contributed by atoms with Crippen LogP contribution in [0.15, 0.2) is 252 Å². The molecule has 0 atom stereocenters. The Hall–Kier alpha value is -9.20. The quantitative estimate of drug-likeness (QED) is 0.101. The maximum absolute atomic E-state index is 3.69. The van der Waals surface area contributed by atoms with Gasteiger partial charge in [-0.1, -0.05) is 236 Å². The Morgan fingerprint density at radius 2 is 0.304 bits per heavy atom. The van der Waals surface area contributed by atoms with Crippen molar-refractivity contribution in [1.29, 1.82) is 0 Å². The second-order valence-electron chi connectivity index (χ2n) is 32.4. The third kappa shape index (κ3) is 15.3. The number of hydrogen-bond acceptors (Lipinski definition) is 4. The van der Waals surface area contributed by atoms with Gasteiger partial charge in [-0.3, -0.25) is 0 Å². The minimum Gasteiger partial charge on any atom is -0.310 e. The maximum atomic E-state index is 3.69. The Balaban J connectivity index is 0.853. The molecule has 0 amide bonds. The normalized spacial score (nSPS) is 12.0. The zero-order chi connectivity index (χ0) is 73.1. The highest BCUT2D eigenvalue weighted by Gasteiger charge is 2.28. The highest BCUT2D eigenvalue weighted by atomic mass is 79.9. The summed E-state index contributed by atoms with van der Waals surface area (Å²) in [5, 5.41) is 0. The molecule has 0 aliphatic carbocycles. The van der Waals surface area contributed by atoms with Crippen molar-refractivity contribution in [3.05, 3.63) is 318 Å². The summed E-state index contributed by atoms with van der Waals surface area (Å²) in [6.45, 7) is 45.6. The van der Waals surface area contributed by atoms with E-state index >= 15 is 0 Å². The van der Waals surface area contributed by atoms with Crippen LogP contribution < -0.4 is 19.6 Å². The van der Waals surface area contributed by atoms with Crippen LogP contribution in [0.4, 0.5) is 68.2 Å². The van der Waals surface area contributed by atoms with Crippen molar-refractivity contribution in [2.75, 3.05) is 19.6 Å². The number of aryl methyl sites for hydroxylation is 8. The van der Waals surface area contributed by atoms with Crippen molar-refractivity contribution in [3.8, 4) is 33.4 Å². The Bertz CT molecular complexity index is 4590. The fourth-order valence-corrected chi connectivity index (χ4v) is 15.1. The lowest BCUT2D eigenvalue weighted by molar-refractivity contribution is 0.589. The zero-order valence-electron chi connectivity index (χ0n) is 63.6. The first-order valence-corrected chi connectivity index (χ1v) is 37.6. The number of halogens is 2. The first kappa shape index (κ1) is 72.6.